The lowest BCUT2D eigenvalue weighted by atomic mass is 10.0. The third kappa shape index (κ3) is 3.78. The van der Waals surface area contributed by atoms with Crippen molar-refractivity contribution < 1.29 is 9.53 Å². The Hall–Kier alpha value is -2.29. The molecule has 0 unspecified atom stereocenters. The van der Waals surface area contributed by atoms with Crippen LogP contribution in [0.25, 0.3) is 0 Å². The Labute approximate surface area is 144 Å². The lowest BCUT2D eigenvalue weighted by Crippen LogP contribution is -2.31. The molecule has 24 heavy (non-hydrogen) atoms. The number of benzene rings is 2. The van der Waals surface area contributed by atoms with Crippen LogP contribution in [0.3, 0.4) is 0 Å². The topological polar surface area (TPSA) is 29.5 Å². The van der Waals surface area contributed by atoms with E-state index in [4.69, 9.17) is 4.74 Å². The Morgan fingerprint density at radius 3 is 2.71 bits per heavy atom. The van der Waals surface area contributed by atoms with E-state index in [9.17, 15) is 4.79 Å². The van der Waals surface area contributed by atoms with Gasteiger partial charge in [-0.25, -0.2) is 0 Å². The summed E-state index contributed by atoms with van der Waals surface area (Å²) in [4.78, 5) is 14.8. The predicted molar refractivity (Wildman–Crippen MR) is 96.2 cm³/mol. The summed E-state index contributed by atoms with van der Waals surface area (Å²) in [6, 6.07) is 16.6. The van der Waals surface area contributed by atoms with Gasteiger partial charge in [0.25, 0.3) is 0 Å². The Morgan fingerprint density at radius 1 is 1.21 bits per heavy atom. The number of aryl methyl sites for hydroxylation is 1. The van der Waals surface area contributed by atoms with Gasteiger partial charge in [0.1, 0.15) is 5.75 Å². The molecule has 1 heterocycles. The van der Waals surface area contributed by atoms with Gasteiger partial charge in [-0.2, -0.15) is 0 Å². The molecule has 1 fully saturated rings. The molecule has 3 heteroatoms. The molecule has 3 rings (SSSR count). The third-order valence-electron chi connectivity index (χ3n) is 4.59. The van der Waals surface area contributed by atoms with Gasteiger partial charge in [-0.3, -0.25) is 4.79 Å². The van der Waals surface area contributed by atoms with Crippen molar-refractivity contribution in [2.45, 2.75) is 39.2 Å². The summed E-state index contributed by atoms with van der Waals surface area (Å²) in [5.74, 6) is 1.07. The molecule has 2 aromatic carbocycles. The van der Waals surface area contributed by atoms with Crippen LogP contribution in [0, 0.1) is 6.92 Å². The first-order valence-corrected chi connectivity index (χ1v) is 8.75. The zero-order chi connectivity index (χ0) is 16.9. The minimum absolute atomic E-state index is 0.211. The summed E-state index contributed by atoms with van der Waals surface area (Å²) < 4.78 is 5.46. The van der Waals surface area contributed by atoms with Gasteiger partial charge < -0.3 is 9.64 Å². The van der Waals surface area contributed by atoms with Crippen molar-refractivity contribution in [2.24, 2.45) is 0 Å². The van der Waals surface area contributed by atoms with Gasteiger partial charge in [0, 0.05) is 6.54 Å². The van der Waals surface area contributed by atoms with E-state index in [0.717, 1.165) is 30.7 Å². The number of ether oxygens (including phenoxy) is 1. The van der Waals surface area contributed by atoms with Crippen LogP contribution in [0.5, 0.6) is 5.75 Å². The summed E-state index contributed by atoms with van der Waals surface area (Å²) in [6.07, 6.45) is 2.58. The molecule has 1 aliphatic rings. The second-order valence-electron chi connectivity index (χ2n) is 6.41. The molecular weight excluding hydrogens is 298 g/mol. The Morgan fingerprint density at radius 2 is 2.00 bits per heavy atom. The summed E-state index contributed by atoms with van der Waals surface area (Å²) in [5.41, 5.74) is 3.55. The quantitative estimate of drug-likeness (QED) is 0.821. The maximum absolute atomic E-state index is 12.8. The van der Waals surface area contributed by atoms with E-state index in [1.807, 2.05) is 36.1 Å². The second kappa shape index (κ2) is 7.52. The number of carbonyl (C=O) groups is 1. The normalized spacial score (nSPS) is 17.1. The molecule has 0 N–H and O–H groups in total. The molecular formula is C21H25NO2. The average Bonchev–Trinajstić information content (AvgIpc) is 3.07. The van der Waals surface area contributed by atoms with Gasteiger partial charge in [0.15, 0.2) is 0 Å². The van der Waals surface area contributed by atoms with E-state index in [1.165, 1.54) is 11.1 Å². The van der Waals surface area contributed by atoms with Gasteiger partial charge in [-0.1, -0.05) is 42.0 Å². The van der Waals surface area contributed by atoms with Crippen LogP contribution in [0.4, 0.5) is 0 Å². The fourth-order valence-corrected chi connectivity index (χ4v) is 3.44. The van der Waals surface area contributed by atoms with Crippen LogP contribution in [0.1, 0.15) is 42.5 Å². The van der Waals surface area contributed by atoms with Crippen LogP contribution >= 0.6 is 0 Å². The van der Waals surface area contributed by atoms with Crippen molar-refractivity contribution in [1.29, 1.82) is 0 Å². The minimum atomic E-state index is 0.211. The van der Waals surface area contributed by atoms with Crippen LogP contribution in [-0.4, -0.2) is 24.0 Å². The Kier molecular flexibility index (Phi) is 5.19. The van der Waals surface area contributed by atoms with Crippen LogP contribution in [0.2, 0.25) is 0 Å². The molecule has 0 saturated carbocycles. The van der Waals surface area contributed by atoms with Gasteiger partial charge in [0.05, 0.1) is 19.1 Å². The molecule has 3 nitrogen and oxygen atoms in total. The zero-order valence-corrected chi connectivity index (χ0v) is 14.5. The van der Waals surface area contributed by atoms with Crippen molar-refractivity contribution in [3.05, 3.63) is 65.2 Å². The molecule has 1 aliphatic heterocycles. The van der Waals surface area contributed by atoms with Gasteiger partial charge in [-0.15, -0.1) is 0 Å². The first-order chi connectivity index (χ1) is 11.7. The maximum Gasteiger partial charge on any atom is 0.227 e. The average molecular weight is 323 g/mol. The molecule has 1 atom stereocenters. The standard InChI is InChI=1S/C21H25NO2/c1-3-24-19-11-9-17(10-12-19)15-21(23)22-13-5-8-20(22)18-7-4-6-16(2)14-18/h4,6-7,9-12,14,20H,3,5,8,13,15H2,1-2H3/t20-/m0/s1. The monoisotopic (exact) mass is 323 g/mol. The summed E-state index contributed by atoms with van der Waals surface area (Å²) in [7, 11) is 0. The SMILES string of the molecule is CCOc1ccc(CC(=O)N2CCC[C@H]2c2cccc(C)c2)cc1. The van der Waals surface area contributed by atoms with Crippen LogP contribution < -0.4 is 4.74 Å². The van der Waals surface area contributed by atoms with E-state index in [2.05, 4.69) is 31.2 Å². The molecule has 0 aromatic heterocycles. The van der Waals surface area contributed by atoms with E-state index < -0.39 is 0 Å². The van der Waals surface area contributed by atoms with E-state index in [0.29, 0.717) is 13.0 Å². The molecule has 0 spiro atoms. The first kappa shape index (κ1) is 16.6. The van der Waals surface area contributed by atoms with Crippen molar-refractivity contribution >= 4 is 5.91 Å². The van der Waals surface area contributed by atoms with E-state index >= 15 is 0 Å². The Bertz CT molecular complexity index is 693. The molecule has 0 aliphatic carbocycles. The highest BCUT2D eigenvalue weighted by atomic mass is 16.5. The molecule has 1 saturated heterocycles. The first-order valence-electron chi connectivity index (χ1n) is 8.75. The number of rotatable bonds is 5. The van der Waals surface area contributed by atoms with Crippen molar-refractivity contribution in [3.63, 3.8) is 0 Å². The van der Waals surface area contributed by atoms with Crippen molar-refractivity contribution in [3.8, 4) is 5.75 Å². The number of amides is 1. The highest BCUT2D eigenvalue weighted by Crippen LogP contribution is 2.32. The molecule has 0 bridgehead atoms. The second-order valence-corrected chi connectivity index (χ2v) is 6.41. The lowest BCUT2D eigenvalue weighted by molar-refractivity contribution is -0.131. The fourth-order valence-electron chi connectivity index (χ4n) is 3.44. The predicted octanol–water partition coefficient (Wildman–Crippen LogP) is 4.30. The van der Waals surface area contributed by atoms with Gasteiger partial charge >= 0.3 is 0 Å². The third-order valence-corrected chi connectivity index (χ3v) is 4.59. The fraction of sp³-hybridized carbons (Fsp3) is 0.381. The van der Waals surface area contributed by atoms with Gasteiger partial charge in [0.2, 0.25) is 5.91 Å². The van der Waals surface area contributed by atoms with Crippen LogP contribution in [-0.2, 0) is 11.2 Å². The Balaban J connectivity index is 1.69. The van der Waals surface area contributed by atoms with Gasteiger partial charge in [-0.05, 0) is 49.9 Å². The molecule has 0 radical (unpaired) electrons. The largest absolute Gasteiger partial charge is 0.494 e. The van der Waals surface area contributed by atoms with Crippen molar-refractivity contribution in [2.75, 3.05) is 13.2 Å². The summed E-state index contributed by atoms with van der Waals surface area (Å²) >= 11 is 0. The van der Waals surface area contributed by atoms with Crippen molar-refractivity contribution in [1.82, 2.24) is 4.90 Å². The summed E-state index contributed by atoms with van der Waals surface area (Å²) in [5, 5.41) is 0. The zero-order valence-electron chi connectivity index (χ0n) is 14.5. The maximum atomic E-state index is 12.8. The lowest BCUT2D eigenvalue weighted by Gasteiger charge is -2.25. The number of carbonyl (C=O) groups excluding carboxylic acids is 1. The molecule has 2 aromatic rings. The molecule has 126 valence electrons. The van der Waals surface area contributed by atoms with E-state index in [-0.39, 0.29) is 11.9 Å². The van der Waals surface area contributed by atoms with E-state index in [1.54, 1.807) is 0 Å². The number of nitrogens with zero attached hydrogens (tertiary/aromatic N) is 1. The molecule has 1 amide bonds. The van der Waals surface area contributed by atoms with Crippen LogP contribution in [0.15, 0.2) is 48.5 Å². The highest BCUT2D eigenvalue weighted by Gasteiger charge is 2.29. The number of likely N-dealkylation sites (tertiary alicyclic amines) is 1. The number of hydrogen-bond acceptors (Lipinski definition) is 2. The minimum Gasteiger partial charge on any atom is -0.494 e. The smallest absolute Gasteiger partial charge is 0.227 e. The highest BCUT2D eigenvalue weighted by molar-refractivity contribution is 5.79. The summed E-state index contributed by atoms with van der Waals surface area (Å²) in [6.45, 7) is 5.58. The number of hydrogen-bond donors (Lipinski definition) is 0.